The Hall–Kier alpha value is -0.613. The van der Waals surface area contributed by atoms with E-state index in [2.05, 4.69) is 31.3 Å². The van der Waals surface area contributed by atoms with Crippen LogP contribution in [0.3, 0.4) is 0 Å². The lowest BCUT2D eigenvalue weighted by Crippen LogP contribution is -2.26. The Morgan fingerprint density at radius 1 is 1.46 bits per heavy atom. The summed E-state index contributed by atoms with van der Waals surface area (Å²) in [6.45, 7) is 10.9. The van der Waals surface area contributed by atoms with Gasteiger partial charge in [-0.1, -0.05) is 6.58 Å². The van der Waals surface area contributed by atoms with Crippen molar-refractivity contribution in [2.24, 2.45) is 5.10 Å². The van der Waals surface area contributed by atoms with E-state index in [9.17, 15) is 0 Å². The fraction of sp³-hybridized carbons (Fsp3) is 0.667. The fourth-order valence-electron chi connectivity index (χ4n) is 0.544. The first kappa shape index (κ1) is 12.4. The van der Waals surface area contributed by atoms with Crippen LogP contribution in [-0.2, 0) is 4.43 Å². The first-order valence-electron chi connectivity index (χ1n) is 4.34. The average Bonchev–Trinajstić information content (AvgIpc) is 1.95. The van der Waals surface area contributed by atoms with Crippen LogP contribution >= 0.6 is 0 Å². The van der Waals surface area contributed by atoms with Gasteiger partial charge in [0.1, 0.15) is 0 Å². The molecule has 0 bridgehead atoms. The predicted molar refractivity (Wildman–Crippen MR) is 60.6 cm³/mol. The lowest BCUT2D eigenvalue weighted by molar-refractivity contribution is 0.352. The van der Waals surface area contributed by atoms with Crippen LogP contribution in [0.5, 0.6) is 0 Å². The molecule has 0 atom stereocenters. The van der Waals surface area contributed by atoms with Crippen LogP contribution < -0.4 is 0 Å². The molecular weight excluding hydrogens is 180 g/mol. The molecule has 0 saturated heterocycles. The summed E-state index contributed by atoms with van der Waals surface area (Å²) in [5.41, 5.74) is 0.913. The summed E-state index contributed by atoms with van der Waals surface area (Å²) in [6.07, 6.45) is 1.74. The van der Waals surface area contributed by atoms with Crippen LogP contribution in [0.2, 0.25) is 19.6 Å². The second-order valence-corrected chi connectivity index (χ2v) is 8.66. The number of rotatable bonds is 5. The number of hydrogen-bond donors (Lipinski definition) is 0. The lowest BCUT2D eigenvalue weighted by atomic mass is 10.4. The molecule has 0 aromatic rings. The molecule has 0 amide bonds. The molecule has 0 aromatic carbocycles. The van der Waals surface area contributed by atoms with Crippen molar-refractivity contribution in [3.63, 3.8) is 0 Å². The molecule has 0 fully saturated rings. The Kier molecular flexibility index (Phi) is 4.94. The lowest BCUT2D eigenvalue weighted by Gasteiger charge is -2.16. The normalized spacial score (nSPS) is 12.1. The van der Waals surface area contributed by atoms with Gasteiger partial charge in [0.2, 0.25) is 0 Å². The molecule has 4 heteroatoms. The zero-order chi connectivity index (χ0) is 10.5. The van der Waals surface area contributed by atoms with Gasteiger partial charge in [0.05, 0.1) is 12.8 Å². The fourth-order valence-corrected chi connectivity index (χ4v) is 1.16. The van der Waals surface area contributed by atoms with E-state index >= 15 is 0 Å². The van der Waals surface area contributed by atoms with E-state index in [1.54, 1.807) is 11.2 Å². The number of hydrazone groups is 1. The summed E-state index contributed by atoms with van der Waals surface area (Å²) in [5, 5.41) is 5.81. The summed E-state index contributed by atoms with van der Waals surface area (Å²) in [6, 6.07) is 0. The van der Waals surface area contributed by atoms with Gasteiger partial charge in [-0.25, -0.2) is 0 Å². The van der Waals surface area contributed by atoms with E-state index in [0.717, 1.165) is 5.57 Å². The van der Waals surface area contributed by atoms with Crippen LogP contribution in [0.15, 0.2) is 17.3 Å². The Morgan fingerprint density at radius 2 is 2.00 bits per heavy atom. The Bertz CT molecular complexity index is 194. The molecule has 0 N–H and O–H groups in total. The zero-order valence-electron chi connectivity index (χ0n) is 9.29. The monoisotopic (exact) mass is 200 g/mol. The second kappa shape index (κ2) is 5.19. The third-order valence-corrected chi connectivity index (χ3v) is 2.17. The van der Waals surface area contributed by atoms with Crippen molar-refractivity contribution < 1.29 is 4.43 Å². The summed E-state index contributed by atoms with van der Waals surface area (Å²) < 4.78 is 5.65. The molecule has 0 aliphatic carbocycles. The van der Waals surface area contributed by atoms with Crippen molar-refractivity contribution in [2.75, 3.05) is 20.7 Å². The van der Waals surface area contributed by atoms with E-state index in [-0.39, 0.29) is 0 Å². The average molecular weight is 200 g/mol. The molecule has 0 heterocycles. The summed E-state index contributed by atoms with van der Waals surface area (Å²) in [5.74, 6) is 0. The standard InChI is InChI=1S/C9H20N2OSi/c1-9(7-10-11(2)3)8-12-13(4,5)6/h7H,1,8H2,2-6H3. The second-order valence-electron chi connectivity index (χ2n) is 4.15. The van der Waals surface area contributed by atoms with Crippen molar-refractivity contribution in [3.8, 4) is 0 Å². The Balaban J connectivity index is 3.77. The first-order valence-corrected chi connectivity index (χ1v) is 7.75. The summed E-state index contributed by atoms with van der Waals surface area (Å²) in [7, 11) is 2.34. The molecule has 0 aliphatic rings. The highest BCUT2D eigenvalue weighted by Gasteiger charge is 2.13. The molecule has 0 aromatic heterocycles. The molecule has 0 spiro atoms. The number of nitrogens with zero attached hydrogens (tertiary/aromatic N) is 2. The maximum absolute atomic E-state index is 5.65. The highest BCUT2D eigenvalue weighted by atomic mass is 28.4. The minimum absolute atomic E-state index is 0.590. The van der Waals surface area contributed by atoms with Gasteiger partial charge in [-0.2, -0.15) is 5.10 Å². The smallest absolute Gasteiger partial charge is 0.184 e. The molecule has 0 aliphatic heterocycles. The molecule has 76 valence electrons. The SMILES string of the molecule is C=C(C=NN(C)C)CO[Si](C)(C)C. The van der Waals surface area contributed by atoms with Gasteiger partial charge in [-0.15, -0.1) is 0 Å². The highest BCUT2D eigenvalue weighted by Crippen LogP contribution is 2.03. The van der Waals surface area contributed by atoms with Crippen molar-refractivity contribution in [1.29, 1.82) is 0 Å². The van der Waals surface area contributed by atoms with E-state index in [0.29, 0.717) is 6.61 Å². The molecule has 13 heavy (non-hydrogen) atoms. The maximum atomic E-state index is 5.65. The van der Waals surface area contributed by atoms with Crippen molar-refractivity contribution >= 4 is 14.5 Å². The highest BCUT2D eigenvalue weighted by molar-refractivity contribution is 6.69. The summed E-state index contributed by atoms with van der Waals surface area (Å²) in [4.78, 5) is 0. The maximum Gasteiger partial charge on any atom is 0.184 e. The molecular formula is C9H20N2OSi. The van der Waals surface area contributed by atoms with Gasteiger partial charge in [0.15, 0.2) is 8.32 Å². The minimum atomic E-state index is -1.41. The van der Waals surface area contributed by atoms with Gasteiger partial charge in [0.25, 0.3) is 0 Å². The van der Waals surface area contributed by atoms with Crippen LogP contribution in [0.4, 0.5) is 0 Å². The number of hydrogen-bond acceptors (Lipinski definition) is 3. The van der Waals surface area contributed by atoms with Crippen LogP contribution in [0.25, 0.3) is 0 Å². The van der Waals surface area contributed by atoms with Gasteiger partial charge in [-0.3, -0.25) is 0 Å². The molecule has 3 nitrogen and oxygen atoms in total. The van der Waals surface area contributed by atoms with Crippen LogP contribution in [0, 0.1) is 0 Å². The quantitative estimate of drug-likeness (QED) is 0.385. The topological polar surface area (TPSA) is 24.8 Å². The molecule has 0 rings (SSSR count). The molecule has 0 radical (unpaired) electrons. The van der Waals surface area contributed by atoms with Gasteiger partial charge < -0.3 is 9.43 Å². The first-order chi connectivity index (χ1) is 5.81. The predicted octanol–water partition coefficient (Wildman–Crippen LogP) is 1.94. The van der Waals surface area contributed by atoms with Crippen LogP contribution in [0.1, 0.15) is 0 Å². The van der Waals surface area contributed by atoms with Crippen molar-refractivity contribution in [2.45, 2.75) is 19.6 Å². The Labute approximate surface area is 82.2 Å². The minimum Gasteiger partial charge on any atom is -0.413 e. The zero-order valence-corrected chi connectivity index (χ0v) is 10.3. The van der Waals surface area contributed by atoms with Gasteiger partial charge in [-0.05, 0) is 25.2 Å². The molecule has 0 saturated carbocycles. The van der Waals surface area contributed by atoms with Gasteiger partial charge in [0, 0.05) is 14.1 Å². The van der Waals surface area contributed by atoms with E-state index in [1.165, 1.54) is 0 Å². The largest absolute Gasteiger partial charge is 0.413 e. The van der Waals surface area contributed by atoms with E-state index in [1.807, 2.05) is 14.1 Å². The van der Waals surface area contributed by atoms with Crippen LogP contribution in [-0.4, -0.2) is 40.2 Å². The van der Waals surface area contributed by atoms with E-state index < -0.39 is 8.32 Å². The van der Waals surface area contributed by atoms with Gasteiger partial charge >= 0.3 is 0 Å². The summed E-state index contributed by atoms with van der Waals surface area (Å²) >= 11 is 0. The van der Waals surface area contributed by atoms with Crippen molar-refractivity contribution in [3.05, 3.63) is 12.2 Å². The third-order valence-electron chi connectivity index (χ3n) is 1.16. The van der Waals surface area contributed by atoms with Crippen molar-refractivity contribution in [1.82, 2.24) is 5.01 Å². The Morgan fingerprint density at radius 3 is 2.38 bits per heavy atom. The third kappa shape index (κ3) is 9.30. The van der Waals surface area contributed by atoms with E-state index in [4.69, 9.17) is 4.43 Å². The molecule has 0 unspecified atom stereocenters.